The zero-order valence-corrected chi connectivity index (χ0v) is 19.1. The zero-order valence-electron chi connectivity index (χ0n) is 16.7. The number of thiazole rings is 1. The third kappa shape index (κ3) is 3.94. The Morgan fingerprint density at radius 1 is 1.36 bits per heavy atom. The Balaban J connectivity index is 1.57. The lowest BCUT2D eigenvalue weighted by Gasteiger charge is -2.49. The second-order valence-corrected chi connectivity index (χ2v) is 9.75. The lowest BCUT2D eigenvalue weighted by molar-refractivity contribution is -0.149. The summed E-state index contributed by atoms with van der Waals surface area (Å²) in [6.07, 6.45) is 0. The van der Waals surface area contributed by atoms with Crippen LogP contribution >= 0.6 is 34.4 Å². The smallest absolute Gasteiger partial charge is 0.353 e. The van der Waals surface area contributed by atoms with E-state index in [9.17, 15) is 29.5 Å². The van der Waals surface area contributed by atoms with Gasteiger partial charge in [0.25, 0.3) is 11.8 Å². The predicted octanol–water partition coefficient (Wildman–Crippen LogP) is 0.648. The molecule has 12 nitrogen and oxygen atoms in total. The van der Waals surface area contributed by atoms with Crippen molar-refractivity contribution in [1.29, 1.82) is 0 Å². The molecule has 2 amide bonds. The molecule has 2 atom stereocenters. The molecular weight excluding hydrogens is 494 g/mol. The summed E-state index contributed by atoms with van der Waals surface area (Å²) in [5, 5.41) is 25.4. The number of amides is 2. The van der Waals surface area contributed by atoms with E-state index >= 15 is 0 Å². The number of nitrogens with zero attached hydrogens (tertiary/aromatic N) is 3. The van der Waals surface area contributed by atoms with Crippen molar-refractivity contribution in [3.05, 3.63) is 38.7 Å². The molecule has 0 bridgehead atoms. The Bertz CT molecular complexity index is 1230. The molecule has 0 unspecified atom stereocenters. The Hall–Kier alpha value is -3.43. The molecule has 15 heteroatoms. The van der Waals surface area contributed by atoms with E-state index in [0.29, 0.717) is 15.3 Å². The lowest BCUT2D eigenvalue weighted by Crippen LogP contribution is -2.71. The first-order chi connectivity index (χ1) is 15.8. The molecule has 4 rings (SSSR count). The first kappa shape index (κ1) is 22.8. The van der Waals surface area contributed by atoms with Crippen molar-refractivity contribution >= 4 is 74.6 Å². The molecule has 1 saturated heterocycles. The SMILES string of the molecule is COC(=O)c1ccc(C2=C(C(=O)O)N3C(=O)[C@@H](NC(=O)/C(=N\O)c4csc(N)n4)[C@H]3SC2)s1. The summed E-state index contributed by atoms with van der Waals surface area (Å²) in [4.78, 5) is 55.0. The first-order valence-electron chi connectivity index (χ1n) is 9.10. The average molecular weight is 510 g/mol. The highest BCUT2D eigenvalue weighted by Crippen LogP contribution is 2.44. The van der Waals surface area contributed by atoms with Gasteiger partial charge in [-0.3, -0.25) is 14.5 Å². The Labute approximate surface area is 197 Å². The molecule has 2 aromatic rings. The van der Waals surface area contributed by atoms with Crippen LogP contribution in [-0.2, 0) is 19.1 Å². The Morgan fingerprint density at radius 2 is 2.12 bits per heavy atom. The number of thioether (sulfide) groups is 1. The van der Waals surface area contributed by atoms with Crippen molar-refractivity contribution < 1.29 is 34.2 Å². The second-order valence-electron chi connectivity index (χ2n) is 6.67. The minimum absolute atomic E-state index is 0.0462. The number of carbonyl (C=O) groups excluding carboxylic acids is 3. The maximum Gasteiger partial charge on any atom is 0.353 e. The van der Waals surface area contributed by atoms with Gasteiger partial charge in [0.15, 0.2) is 10.8 Å². The van der Waals surface area contributed by atoms with Crippen LogP contribution in [-0.4, -0.2) is 73.9 Å². The van der Waals surface area contributed by atoms with Crippen molar-refractivity contribution in [2.45, 2.75) is 11.4 Å². The number of carboxylic acid groups (broad SMARTS) is 1. The van der Waals surface area contributed by atoms with Gasteiger partial charge in [0.2, 0.25) is 0 Å². The van der Waals surface area contributed by atoms with Crippen LogP contribution in [0.1, 0.15) is 20.2 Å². The molecule has 0 aliphatic carbocycles. The van der Waals surface area contributed by atoms with E-state index in [1.807, 2.05) is 0 Å². The van der Waals surface area contributed by atoms with Crippen LogP contribution in [0.25, 0.3) is 5.57 Å². The van der Waals surface area contributed by atoms with E-state index in [-0.39, 0.29) is 22.3 Å². The van der Waals surface area contributed by atoms with Crippen LogP contribution in [0, 0.1) is 0 Å². The number of carboxylic acids is 1. The van der Waals surface area contributed by atoms with E-state index in [2.05, 4.69) is 20.2 Å². The van der Waals surface area contributed by atoms with Crippen molar-refractivity contribution in [2.24, 2.45) is 5.16 Å². The molecule has 5 N–H and O–H groups in total. The number of methoxy groups -OCH3 is 1. The molecule has 33 heavy (non-hydrogen) atoms. The number of aliphatic carboxylic acids is 1. The number of oxime groups is 1. The van der Waals surface area contributed by atoms with Crippen LogP contribution < -0.4 is 11.1 Å². The number of esters is 1. The summed E-state index contributed by atoms with van der Waals surface area (Å²) in [5.41, 5.74) is 5.34. The topological polar surface area (TPSA) is 185 Å². The Kier molecular flexibility index (Phi) is 6.09. The van der Waals surface area contributed by atoms with Crippen LogP contribution in [0.15, 0.2) is 28.4 Å². The summed E-state index contributed by atoms with van der Waals surface area (Å²) in [6.45, 7) is 0. The highest BCUT2D eigenvalue weighted by molar-refractivity contribution is 8.00. The van der Waals surface area contributed by atoms with Crippen molar-refractivity contribution in [1.82, 2.24) is 15.2 Å². The van der Waals surface area contributed by atoms with Gasteiger partial charge in [-0.2, -0.15) is 0 Å². The maximum atomic E-state index is 12.8. The van der Waals surface area contributed by atoms with Gasteiger partial charge < -0.3 is 26.1 Å². The molecule has 0 radical (unpaired) electrons. The van der Waals surface area contributed by atoms with Gasteiger partial charge in [-0.05, 0) is 12.1 Å². The van der Waals surface area contributed by atoms with E-state index in [0.717, 1.165) is 27.6 Å². The fourth-order valence-electron chi connectivity index (χ4n) is 3.34. The number of anilines is 1. The van der Waals surface area contributed by atoms with E-state index < -0.39 is 40.9 Å². The molecular formula is C18H15N5O7S3. The normalized spacial score (nSPS) is 20.2. The van der Waals surface area contributed by atoms with Gasteiger partial charge >= 0.3 is 11.9 Å². The van der Waals surface area contributed by atoms with E-state index in [1.54, 1.807) is 6.07 Å². The molecule has 2 aliphatic heterocycles. The second kappa shape index (κ2) is 8.84. The van der Waals surface area contributed by atoms with Gasteiger partial charge in [0, 0.05) is 21.6 Å². The van der Waals surface area contributed by atoms with Crippen LogP contribution in [0.5, 0.6) is 0 Å². The third-order valence-electron chi connectivity index (χ3n) is 4.83. The quantitative estimate of drug-likeness (QED) is 0.142. The molecule has 2 aromatic heterocycles. The molecule has 4 heterocycles. The Morgan fingerprint density at radius 3 is 2.73 bits per heavy atom. The zero-order chi connectivity index (χ0) is 23.9. The molecule has 1 fully saturated rings. The number of hydrogen-bond donors (Lipinski definition) is 4. The fraction of sp³-hybridized carbons (Fsp3) is 0.222. The monoisotopic (exact) mass is 509 g/mol. The molecule has 0 spiro atoms. The number of fused-ring (bicyclic) bond motifs is 1. The highest BCUT2D eigenvalue weighted by Gasteiger charge is 2.54. The van der Waals surface area contributed by atoms with Crippen LogP contribution in [0.4, 0.5) is 5.13 Å². The number of ether oxygens (including phenoxy) is 1. The molecule has 0 aromatic carbocycles. The number of nitrogens with one attached hydrogen (secondary N) is 1. The number of β-lactam (4-membered cyclic amide) rings is 1. The minimum Gasteiger partial charge on any atom is -0.477 e. The summed E-state index contributed by atoms with van der Waals surface area (Å²) >= 11 is 3.37. The summed E-state index contributed by atoms with van der Waals surface area (Å²) in [6, 6.07) is 2.10. The number of aromatic nitrogens is 1. The minimum atomic E-state index is -1.31. The highest BCUT2D eigenvalue weighted by atomic mass is 32.2. The molecule has 172 valence electrons. The fourth-order valence-corrected chi connectivity index (χ4v) is 6.31. The number of nitrogen functional groups attached to an aromatic ring is 1. The van der Waals surface area contributed by atoms with Crippen LogP contribution in [0.3, 0.4) is 0 Å². The number of thiophene rings is 1. The molecule has 2 aliphatic rings. The number of nitrogens with two attached hydrogens (primary N) is 1. The standard InChI is InChI=1S/C18H15N5O7S3/c1-30-17(28)9-3-2-8(33-9)6-4-31-15-11(14(25)23(15)12(6)16(26)27)21-13(24)10(22-29)7-5-32-18(19)20-7/h2-3,5,11,15,29H,4H2,1H3,(H2,19,20)(H,21,24)(H,26,27)/b22-10-/t11-,15-/m1/s1. The predicted molar refractivity (Wildman–Crippen MR) is 120 cm³/mol. The molecule has 0 saturated carbocycles. The average Bonchev–Trinajstić information content (AvgIpc) is 3.45. The van der Waals surface area contributed by atoms with Gasteiger partial charge in [-0.25, -0.2) is 14.6 Å². The third-order valence-corrected chi connectivity index (χ3v) is 7.91. The van der Waals surface area contributed by atoms with Crippen molar-refractivity contribution in [3.63, 3.8) is 0 Å². The van der Waals surface area contributed by atoms with Gasteiger partial charge in [-0.15, -0.1) is 34.4 Å². The largest absolute Gasteiger partial charge is 0.477 e. The van der Waals surface area contributed by atoms with Crippen molar-refractivity contribution in [2.75, 3.05) is 18.6 Å². The number of rotatable bonds is 6. The first-order valence-corrected chi connectivity index (χ1v) is 11.8. The lowest BCUT2D eigenvalue weighted by atomic mass is 10.0. The number of carbonyl (C=O) groups is 4. The number of hydrogen-bond acceptors (Lipinski definition) is 12. The van der Waals surface area contributed by atoms with E-state index in [4.69, 9.17) is 5.73 Å². The van der Waals surface area contributed by atoms with E-state index in [1.165, 1.54) is 30.3 Å². The van der Waals surface area contributed by atoms with Crippen molar-refractivity contribution in [3.8, 4) is 0 Å². The van der Waals surface area contributed by atoms with Gasteiger partial charge in [0.05, 0.1) is 7.11 Å². The van der Waals surface area contributed by atoms with Gasteiger partial charge in [0.1, 0.15) is 27.7 Å². The summed E-state index contributed by atoms with van der Waals surface area (Å²) < 4.78 is 4.68. The summed E-state index contributed by atoms with van der Waals surface area (Å²) in [7, 11) is 1.24. The summed E-state index contributed by atoms with van der Waals surface area (Å²) in [5.74, 6) is -3.11. The van der Waals surface area contributed by atoms with Crippen LogP contribution in [0.2, 0.25) is 0 Å². The van der Waals surface area contributed by atoms with Gasteiger partial charge in [-0.1, -0.05) is 5.16 Å². The maximum absolute atomic E-state index is 12.8.